The molecule has 0 aliphatic heterocycles. The van der Waals surface area contributed by atoms with Crippen molar-refractivity contribution in [3.05, 3.63) is 16.9 Å². The molecule has 0 saturated heterocycles. The van der Waals surface area contributed by atoms with Gasteiger partial charge in [-0.1, -0.05) is 0 Å². The summed E-state index contributed by atoms with van der Waals surface area (Å²) in [4.78, 5) is 11.3. The zero-order chi connectivity index (χ0) is 10.6. The minimum absolute atomic E-state index is 0.00139. The molecule has 6 heteroatoms. The fourth-order valence-electron chi connectivity index (χ4n) is 0.951. The van der Waals surface area contributed by atoms with Crippen LogP contribution in [-0.2, 0) is 11.3 Å². The van der Waals surface area contributed by atoms with Crippen molar-refractivity contribution in [2.24, 2.45) is 5.73 Å². The van der Waals surface area contributed by atoms with E-state index in [1.54, 1.807) is 17.1 Å². The van der Waals surface area contributed by atoms with Crippen LogP contribution >= 0.6 is 15.9 Å². The molecule has 0 spiro atoms. The van der Waals surface area contributed by atoms with E-state index in [0.29, 0.717) is 6.54 Å². The van der Waals surface area contributed by atoms with Crippen LogP contribution in [-0.4, -0.2) is 28.3 Å². The highest BCUT2D eigenvalue weighted by Crippen LogP contribution is 2.05. The second-order valence-corrected chi connectivity index (χ2v) is 3.98. The molecular formula is C8H13BrN4O. The van der Waals surface area contributed by atoms with E-state index in [-0.39, 0.29) is 18.5 Å². The van der Waals surface area contributed by atoms with Gasteiger partial charge in [-0.3, -0.25) is 9.48 Å². The average molecular weight is 261 g/mol. The smallest absolute Gasteiger partial charge is 0.241 e. The normalized spacial score (nSPS) is 12.5. The van der Waals surface area contributed by atoms with Gasteiger partial charge in [0.1, 0.15) is 6.54 Å². The van der Waals surface area contributed by atoms with Crippen molar-refractivity contribution in [1.29, 1.82) is 0 Å². The van der Waals surface area contributed by atoms with Crippen molar-refractivity contribution in [2.45, 2.75) is 19.5 Å². The maximum absolute atomic E-state index is 11.3. The summed E-state index contributed by atoms with van der Waals surface area (Å²) < 4.78 is 2.42. The number of nitrogens with two attached hydrogens (primary N) is 1. The lowest BCUT2D eigenvalue weighted by Crippen LogP contribution is -2.39. The van der Waals surface area contributed by atoms with Gasteiger partial charge in [-0.25, -0.2) is 0 Å². The minimum Gasteiger partial charge on any atom is -0.351 e. The Balaban J connectivity index is 2.41. The van der Waals surface area contributed by atoms with Crippen molar-refractivity contribution in [2.75, 3.05) is 6.54 Å². The predicted octanol–water partition coefficient (Wildman–Crippen LogP) is 0.109. The SMILES string of the molecule is C[C@@H](CN)NC(=O)Cn1cc(Br)cn1. The number of carbonyl (C=O) groups excluding carboxylic acids is 1. The van der Waals surface area contributed by atoms with Gasteiger partial charge < -0.3 is 11.1 Å². The summed E-state index contributed by atoms with van der Waals surface area (Å²) in [5, 5.41) is 6.71. The third-order valence-electron chi connectivity index (χ3n) is 1.67. The first kappa shape index (κ1) is 11.2. The summed E-state index contributed by atoms with van der Waals surface area (Å²) in [5.74, 6) is -0.0847. The number of amides is 1. The molecule has 1 amide bonds. The molecule has 14 heavy (non-hydrogen) atoms. The van der Waals surface area contributed by atoms with Crippen LogP contribution in [0, 0.1) is 0 Å². The Hall–Kier alpha value is -0.880. The minimum atomic E-state index is -0.0847. The van der Waals surface area contributed by atoms with Crippen molar-refractivity contribution in [3.8, 4) is 0 Å². The van der Waals surface area contributed by atoms with Gasteiger partial charge in [0, 0.05) is 18.8 Å². The first-order chi connectivity index (χ1) is 6.61. The first-order valence-corrected chi connectivity index (χ1v) is 5.08. The quantitative estimate of drug-likeness (QED) is 0.807. The summed E-state index contributed by atoms with van der Waals surface area (Å²) in [5.41, 5.74) is 5.37. The molecule has 0 aliphatic rings. The molecule has 0 unspecified atom stereocenters. The van der Waals surface area contributed by atoms with E-state index in [9.17, 15) is 4.79 Å². The van der Waals surface area contributed by atoms with Crippen molar-refractivity contribution >= 4 is 21.8 Å². The van der Waals surface area contributed by atoms with Crippen LogP contribution in [0.25, 0.3) is 0 Å². The van der Waals surface area contributed by atoms with Gasteiger partial charge in [-0.05, 0) is 22.9 Å². The maximum Gasteiger partial charge on any atom is 0.241 e. The van der Waals surface area contributed by atoms with Crippen molar-refractivity contribution < 1.29 is 4.79 Å². The van der Waals surface area contributed by atoms with E-state index in [1.807, 2.05) is 6.92 Å². The second-order valence-electron chi connectivity index (χ2n) is 3.06. The third kappa shape index (κ3) is 3.47. The van der Waals surface area contributed by atoms with Gasteiger partial charge in [0.15, 0.2) is 0 Å². The highest BCUT2D eigenvalue weighted by molar-refractivity contribution is 9.10. The highest BCUT2D eigenvalue weighted by atomic mass is 79.9. The molecule has 5 nitrogen and oxygen atoms in total. The lowest BCUT2D eigenvalue weighted by atomic mass is 10.3. The van der Waals surface area contributed by atoms with Crippen molar-refractivity contribution in [1.82, 2.24) is 15.1 Å². The number of rotatable bonds is 4. The molecule has 0 saturated carbocycles. The summed E-state index contributed by atoms with van der Waals surface area (Å²) in [7, 11) is 0. The molecule has 0 aliphatic carbocycles. The fourth-order valence-corrected chi connectivity index (χ4v) is 1.28. The number of hydrogen-bond acceptors (Lipinski definition) is 3. The van der Waals surface area contributed by atoms with Gasteiger partial charge in [0.25, 0.3) is 0 Å². The van der Waals surface area contributed by atoms with Crippen LogP contribution in [0.5, 0.6) is 0 Å². The van der Waals surface area contributed by atoms with Gasteiger partial charge in [-0.2, -0.15) is 5.10 Å². The number of carbonyl (C=O) groups is 1. The molecule has 3 N–H and O–H groups in total. The highest BCUT2D eigenvalue weighted by Gasteiger charge is 2.06. The van der Waals surface area contributed by atoms with Crippen LogP contribution < -0.4 is 11.1 Å². The number of hydrogen-bond donors (Lipinski definition) is 2. The molecule has 1 atom stereocenters. The average Bonchev–Trinajstić information content (AvgIpc) is 2.50. The lowest BCUT2D eigenvalue weighted by molar-refractivity contribution is -0.122. The van der Waals surface area contributed by atoms with Gasteiger partial charge in [0.2, 0.25) is 5.91 Å². The Morgan fingerprint density at radius 3 is 3.07 bits per heavy atom. The van der Waals surface area contributed by atoms with Gasteiger partial charge >= 0.3 is 0 Å². The number of nitrogens with zero attached hydrogens (tertiary/aromatic N) is 2. The Morgan fingerprint density at radius 2 is 2.57 bits per heavy atom. The third-order valence-corrected chi connectivity index (χ3v) is 2.08. The molecule has 1 aromatic heterocycles. The van der Waals surface area contributed by atoms with E-state index in [2.05, 4.69) is 26.3 Å². The largest absolute Gasteiger partial charge is 0.351 e. The molecule has 0 radical (unpaired) electrons. The van der Waals surface area contributed by atoms with E-state index in [4.69, 9.17) is 5.73 Å². The van der Waals surface area contributed by atoms with Crippen molar-refractivity contribution in [3.63, 3.8) is 0 Å². The molecular weight excluding hydrogens is 248 g/mol. The summed E-state index contributed by atoms with van der Waals surface area (Å²) in [6.07, 6.45) is 3.38. The Morgan fingerprint density at radius 1 is 1.86 bits per heavy atom. The van der Waals surface area contributed by atoms with E-state index in [1.165, 1.54) is 0 Å². The number of halogens is 1. The molecule has 0 aromatic carbocycles. The second kappa shape index (κ2) is 5.11. The van der Waals surface area contributed by atoms with Crippen LogP contribution in [0.15, 0.2) is 16.9 Å². The van der Waals surface area contributed by atoms with Crippen LogP contribution in [0.2, 0.25) is 0 Å². The molecule has 0 fully saturated rings. The lowest BCUT2D eigenvalue weighted by Gasteiger charge is -2.10. The fraction of sp³-hybridized carbons (Fsp3) is 0.500. The monoisotopic (exact) mass is 260 g/mol. The molecule has 1 aromatic rings. The van der Waals surface area contributed by atoms with Gasteiger partial charge in [-0.15, -0.1) is 0 Å². The molecule has 78 valence electrons. The topological polar surface area (TPSA) is 72.9 Å². The van der Waals surface area contributed by atoms with E-state index >= 15 is 0 Å². The number of nitrogens with one attached hydrogen (secondary N) is 1. The van der Waals surface area contributed by atoms with E-state index < -0.39 is 0 Å². The summed E-state index contributed by atoms with van der Waals surface area (Å²) in [6, 6.07) is 0.00139. The first-order valence-electron chi connectivity index (χ1n) is 4.29. The maximum atomic E-state index is 11.3. The zero-order valence-corrected chi connectivity index (χ0v) is 9.49. The summed E-state index contributed by atoms with van der Waals surface area (Å²) >= 11 is 3.25. The number of aromatic nitrogens is 2. The molecule has 1 rings (SSSR count). The van der Waals surface area contributed by atoms with Crippen LogP contribution in [0.4, 0.5) is 0 Å². The standard InChI is InChI=1S/C8H13BrN4O/c1-6(2-10)12-8(14)5-13-4-7(9)3-11-13/h3-4,6H,2,5,10H2,1H3,(H,12,14)/t6-/m0/s1. The molecule has 1 heterocycles. The Labute approximate surface area is 90.8 Å². The van der Waals surface area contributed by atoms with Crippen LogP contribution in [0.3, 0.4) is 0 Å². The predicted molar refractivity (Wildman–Crippen MR) is 56.6 cm³/mol. The zero-order valence-electron chi connectivity index (χ0n) is 7.90. The van der Waals surface area contributed by atoms with Gasteiger partial charge in [0.05, 0.1) is 10.7 Å². The van der Waals surface area contributed by atoms with Crippen LogP contribution in [0.1, 0.15) is 6.92 Å². The Bertz CT molecular complexity index is 312. The molecule has 0 bridgehead atoms. The van der Waals surface area contributed by atoms with E-state index in [0.717, 1.165) is 4.47 Å². The Kier molecular flexibility index (Phi) is 4.09. The summed E-state index contributed by atoms with van der Waals surface area (Å²) in [6.45, 7) is 2.52.